The van der Waals surface area contributed by atoms with Crippen LogP contribution in [0.25, 0.3) is 6.08 Å². The van der Waals surface area contributed by atoms with Crippen molar-refractivity contribution in [3.05, 3.63) is 126 Å². The lowest BCUT2D eigenvalue weighted by Gasteiger charge is -2.24. The van der Waals surface area contributed by atoms with Gasteiger partial charge in [0.05, 0.1) is 40.6 Å². The van der Waals surface area contributed by atoms with Crippen LogP contribution in [0.5, 0.6) is 5.75 Å². The van der Waals surface area contributed by atoms with Crippen molar-refractivity contribution in [3.8, 4) is 5.75 Å². The average molecular weight is 640 g/mol. The van der Waals surface area contributed by atoms with Crippen LogP contribution in [0.3, 0.4) is 0 Å². The number of thiazole rings is 1. The number of ether oxygens (including phenoxy) is 3. The van der Waals surface area contributed by atoms with Crippen molar-refractivity contribution >= 4 is 40.9 Å². The molecule has 1 atom stereocenters. The summed E-state index contributed by atoms with van der Waals surface area (Å²) in [5.74, 6) is -0.960. The fourth-order valence-corrected chi connectivity index (χ4v) is 5.98. The van der Waals surface area contributed by atoms with Crippen molar-refractivity contribution in [1.29, 1.82) is 0 Å². The predicted octanol–water partition coefficient (Wildman–Crippen LogP) is 4.30. The molecule has 0 aliphatic carbocycles. The van der Waals surface area contributed by atoms with Crippen LogP contribution in [-0.2, 0) is 19.1 Å². The van der Waals surface area contributed by atoms with Gasteiger partial charge in [-0.25, -0.2) is 14.6 Å². The highest BCUT2D eigenvalue weighted by Crippen LogP contribution is 2.31. The van der Waals surface area contributed by atoms with Gasteiger partial charge in [-0.05, 0) is 81.3 Å². The van der Waals surface area contributed by atoms with Crippen LogP contribution in [0.4, 0.5) is 5.69 Å². The van der Waals surface area contributed by atoms with Gasteiger partial charge >= 0.3 is 11.9 Å². The van der Waals surface area contributed by atoms with Gasteiger partial charge in [-0.3, -0.25) is 14.2 Å². The molecule has 0 unspecified atom stereocenters. The largest absolute Gasteiger partial charge is 0.494 e. The molecule has 0 spiro atoms. The second-order valence-corrected chi connectivity index (χ2v) is 11.4. The zero-order valence-corrected chi connectivity index (χ0v) is 26.7. The van der Waals surface area contributed by atoms with E-state index < -0.39 is 30.5 Å². The van der Waals surface area contributed by atoms with E-state index in [4.69, 9.17) is 14.2 Å². The number of nitrogens with zero attached hydrogens (tertiary/aromatic N) is 2. The molecule has 0 saturated carbocycles. The lowest BCUT2D eigenvalue weighted by molar-refractivity contribution is -0.139. The van der Waals surface area contributed by atoms with Crippen molar-refractivity contribution in [2.24, 2.45) is 4.99 Å². The average Bonchev–Trinajstić information content (AvgIpc) is 3.35. The number of esters is 2. The van der Waals surface area contributed by atoms with Crippen LogP contribution in [0.15, 0.2) is 93.9 Å². The van der Waals surface area contributed by atoms with E-state index in [2.05, 4.69) is 10.3 Å². The number of carbonyl (C=O) groups is 3. The van der Waals surface area contributed by atoms with Gasteiger partial charge in [0.2, 0.25) is 0 Å². The summed E-state index contributed by atoms with van der Waals surface area (Å²) >= 11 is 1.20. The molecule has 46 heavy (non-hydrogen) atoms. The summed E-state index contributed by atoms with van der Waals surface area (Å²) in [6, 6.07) is 20.3. The van der Waals surface area contributed by atoms with Crippen LogP contribution in [0, 0.1) is 6.92 Å². The van der Waals surface area contributed by atoms with E-state index in [9.17, 15) is 19.2 Å². The Morgan fingerprint density at radius 1 is 0.891 bits per heavy atom. The fourth-order valence-electron chi connectivity index (χ4n) is 4.94. The highest BCUT2D eigenvalue weighted by molar-refractivity contribution is 7.07. The Morgan fingerprint density at radius 2 is 1.59 bits per heavy atom. The third kappa shape index (κ3) is 7.16. The monoisotopic (exact) mass is 639 g/mol. The number of aryl methyl sites for hydroxylation is 1. The summed E-state index contributed by atoms with van der Waals surface area (Å²) in [7, 11) is 0. The van der Waals surface area contributed by atoms with E-state index in [0.717, 1.165) is 5.56 Å². The lowest BCUT2D eigenvalue weighted by atomic mass is 9.96. The number of fused-ring (bicyclic) bond motifs is 1. The molecule has 1 amide bonds. The Kier molecular flexibility index (Phi) is 9.92. The number of benzene rings is 3. The van der Waals surface area contributed by atoms with E-state index in [1.165, 1.54) is 15.9 Å². The van der Waals surface area contributed by atoms with Gasteiger partial charge in [-0.15, -0.1) is 0 Å². The van der Waals surface area contributed by atoms with Crippen LogP contribution in [-0.4, -0.2) is 42.2 Å². The Balaban J connectivity index is 1.38. The zero-order valence-electron chi connectivity index (χ0n) is 25.9. The van der Waals surface area contributed by atoms with Crippen LogP contribution in [0.1, 0.15) is 53.9 Å². The number of anilines is 1. The number of hydrogen-bond acceptors (Lipinski definition) is 9. The minimum absolute atomic E-state index is 0.181. The summed E-state index contributed by atoms with van der Waals surface area (Å²) in [5.41, 5.74) is 3.75. The van der Waals surface area contributed by atoms with E-state index in [0.29, 0.717) is 49.8 Å². The topological polar surface area (TPSA) is 125 Å². The molecule has 236 valence electrons. The molecule has 5 rings (SSSR count). The molecule has 2 heterocycles. The molecular formula is C35H33N3O7S. The van der Waals surface area contributed by atoms with Gasteiger partial charge in [-0.2, -0.15) is 0 Å². The summed E-state index contributed by atoms with van der Waals surface area (Å²) in [4.78, 5) is 56.8. The Bertz CT molecular complexity index is 1970. The second kappa shape index (κ2) is 14.2. The summed E-state index contributed by atoms with van der Waals surface area (Å²) in [6.45, 7) is 7.55. The maximum absolute atomic E-state index is 13.8. The van der Waals surface area contributed by atoms with Crippen LogP contribution < -0.4 is 24.9 Å². The highest BCUT2D eigenvalue weighted by Gasteiger charge is 2.33. The minimum atomic E-state index is -0.742. The SMILES string of the molecule is CCOC(=O)C1=C(C)N=c2s/c(=C/c3ccc(C(=O)OCC(=O)Nc4ccc(C)cc4)cc3)c(=O)n2[C@@H]1c1ccc(OCC)cc1. The maximum Gasteiger partial charge on any atom is 0.338 e. The lowest BCUT2D eigenvalue weighted by Crippen LogP contribution is -2.39. The fraction of sp³-hybridized carbons (Fsp3) is 0.229. The Hall–Kier alpha value is -5.29. The molecule has 11 heteroatoms. The Morgan fingerprint density at radius 3 is 2.24 bits per heavy atom. The van der Waals surface area contributed by atoms with Crippen LogP contribution >= 0.6 is 11.3 Å². The van der Waals surface area contributed by atoms with Crippen molar-refractivity contribution in [3.63, 3.8) is 0 Å². The third-order valence-electron chi connectivity index (χ3n) is 7.14. The maximum atomic E-state index is 13.8. The first-order chi connectivity index (χ1) is 22.2. The van der Waals surface area contributed by atoms with E-state index in [1.807, 2.05) is 38.1 Å². The molecule has 1 aliphatic rings. The van der Waals surface area contributed by atoms with Crippen molar-refractivity contribution in [1.82, 2.24) is 4.57 Å². The molecule has 0 fully saturated rings. The quantitative estimate of drug-likeness (QED) is 0.257. The standard InChI is InChI=1S/C35H33N3O7S/c1-5-43-27-17-13-24(14-18-27)31-30(34(42)44-6-2)22(4)36-35-38(31)32(40)28(46-35)19-23-9-11-25(12-10-23)33(41)45-20-29(39)37-26-15-7-21(3)8-16-26/h7-19,31H,5-6,20H2,1-4H3,(H,37,39)/b28-19+/t31-/m1/s1. The minimum Gasteiger partial charge on any atom is -0.494 e. The first kappa shape index (κ1) is 32.1. The first-order valence-corrected chi connectivity index (χ1v) is 15.6. The van der Waals surface area contributed by atoms with E-state index >= 15 is 0 Å². The van der Waals surface area contributed by atoms with Gasteiger partial charge in [0.25, 0.3) is 11.5 Å². The smallest absolute Gasteiger partial charge is 0.338 e. The number of allylic oxidation sites excluding steroid dienone is 1. The zero-order chi connectivity index (χ0) is 32.8. The number of carbonyl (C=O) groups excluding carboxylic acids is 3. The number of nitrogens with one attached hydrogen (secondary N) is 1. The highest BCUT2D eigenvalue weighted by atomic mass is 32.1. The Labute approximate surface area is 269 Å². The molecular weight excluding hydrogens is 606 g/mol. The van der Waals surface area contributed by atoms with Gasteiger partial charge in [0.1, 0.15) is 5.75 Å². The molecule has 4 aromatic rings. The van der Waals surface area contributed by atoms with Gasteiger partial charge in [0, 0.05) is 5.69 Å². The second-order valence-electron chi connectivity index (χ2n) is 10.4. The number of aromatic nitrogens is 1. The summed E-state index contributed by atoms with van der Waals surface area (Å²) < 4.78 is 18.0. The number of amides is 1. The van der Waals surface area contributed by atoms with Crippen molar-refractivity contribution in [2.45, 2.75) is 33.7 Å². The van der Waals surface area contributed by atoms with Crippen molar-refractivity contribution < 1.29 is 28.6 Å². The van der Waals surface area contributed by atoms with Gasteiger partial charge < -0.3 is 19.5 Å². The molecule has 1 N–H and O–H groups in total. The van der Waals surface area contributed by atoms with Gasteiger partial charge in [0.15, 0.2) is 11.4 Å². The van der Waals surface area contributed by atoms with E-state index in [1.54, 1.807) is 68.5 Å². The molecule has 3 aromatic carbocycles. The number of hydrogen-bond donors (Lipinski definition) is 1. The summed E-state index contributed by atoms with van der Waals surface area (Å²) in [5, 5.41) is 2.68. The number of rotatable bonds is 10. The molecule has 0 radical (unpaired) electrons. The summed E-state index contributed by atoms with van der Waals surface area (Å²) in [6.07, 6.45) is 1.70. The third-order valence-corrected chi connectivity index (χ3v) is 8.12. The molecule has 0 bridgehead atoms. The molecule has 0 saturated heterocycles. The van der Waals surface area contributed by atoms with Crippen LogP contribution in [0.2, 0.25) is 0 Å². The molecule has 1 aliphatic heterocycles. The normalized spacial score (nSPS) is 14.3. The molecule has 10 nitrogen and oxygen atoms in total. The van der Waals surface area contributed by atoms with E-state index in [-0.39, 0.29) is 17.7 Å². The first-order valence-electron chi connectivity index (χ1n) is 14.7. The predicted molar refractivity (Wildman–Crippen MR) is 175 cm³/mol. The van der Waals surface area contributed by atoms with Gasteiger partial charge in [-0.1, -0.05) is 53.3 Å². The molecule has 1 aromatic heterocycles. The van der Waals surface area contributed by atoms with Crippen molar-refractivity contribution in [2.75, 3.05) is 25.1 Å².